The van der Waals surface area contributed by atoms with Crippen LogP contribution in [0, 0.1) is 0 Å². The Kier molecular flexibility index (Phi) is 12.3. The van der Waals surface area contributed by atoms with Crippen molar-refractivity contribution in [2.75, 3.05) is 43.4 Å². The molecule has 1 fully saturated rings. The molecule has 1 aliphatic heterocycles. The zero-order valence-corrected chi connectivity index (χ0v) is 29.0. The van der Waals surface area contributed by atoms with Crippen molar-refractivity contribution in [1.82, 2.24) is 15.2 Å². The van der Waals surface area contributed by atoms with Crippen LogP contribution in [0.2, 0.25) is 0 Å². The van der Waals surface area contributed by atoms with Gasteiger partial charge in [-0.3, -0.25) is 14.9 Å². The highest BCUT2D eigenvalue weighted by molar-refractivity contribution is 5.92. The van der Waals surface area contributed by atoms with Crippen LogP contribution < -0.4 is 21.5 Å². The lowest BCUT2D eigenvalue weighted by molar-refractivity contribution is -0.116. The fourth-order valence-corrected chi connectivity index (χ4v) is 6.59. The Hall–Kier alpha value is -5.49. The van der Waals surface area contributed by atoms with Crippen LogP contribution >= 0.6 is 0 Å². The summed E-state index contributed by atoms with van der Waals surface area (Å²) in [6, 6.07) is 31.6. The molecule has 11 nitrogen and oxygen atoms in total. The lowest BCUT2D eigenvalue weighted by atomic mass is 10.0. The summed E-state index contributed by atoms with van der Waals surface area (Å²) in [6.07, 6.45) is 2.34. The van der Waals surface area contributed by atoms with Gasteiger partial charge in [0.2, 0.25) is 11.5 Å². The Balaban J connectivity index is 0.850. The molecule has 2 heterocycles. The molecule has 2 amide bonds. The number of anilines is 2. The van der Waals surface area contributed by atoms with Crippen molar-refractivity contribution in [1.29, 1.82) is 0 Å². The summed E-state index contributed by atoms with van der Waals surface area (Å²) in [5.41, 5.74) is 5.16. The number of aromatic amines is 1. The fraction of sp³-hybridized carbons (Fsp3) is 0.293. The van der Waals surface area contributed by atoms with E-state index in [0.29, 0.717) is 17.5 Å². The summed E-state index contributed by atoms with van der Waals surface area (Å²) in [5, 5.41) is 30.3. The number of rotatable bonds is 14. The maximum Gasteiger partial charge on any atom is 0.411 e. The predicted molar refractivity (Wildman–Crippen MR) is 204 cm³/mol. The number of aromatic hydroxyl groups is 1. The van der Waals surface area contributed by atoms with Crippen LogP contribution in [0.25, 0.3) is 22.0 Å². The number of nitrogens with zero attached hydrogens (tertiary/aromatic N) is 1. The molecule has 52 heavy (non-hydrogen) atoms. The highest BCUT2D eigenvalue weighted by Gasteiger charge is 2.23. The quantitative estimate of drug-likeness (QED) is 0.0748. The second kappa shape index (κ2) is 17.6. The maximum absolute atomic E-state index is 12.7. The number of phenolic OH excluding ortho intramolecular Hbond substituents is 1. The van der Waals surface area contributed by atoms with Crippen LogP contribution in [-0.4, -0.2) is 70.9 Å². The number of aliphatic hydroxyl groups is 1. The van der Waals surface area contributed by atoms with E-state index in [1.165, 1.54) is 17.7 Å². The SMILES string of the molecule is O=C(CCNC[C@@H](O)c1ccc(O)c2[nH]c(=O)ccc12)Nc1ccc(CCCN2CCC(OC(=O)Nc3ccccc3-c3ccccc3)CC2)cc1. The number of amides is 2. The fourth-order valence-electron chi connectivity index (χ4n) is 6.59. The van der Waals surface area contributed by atoms with Crippen molar-refractivity contribution in [2.45, 2.75) is 44.3 Å². The molecular formula is C41H45N5O6. The summed E-state index contributed by atoms with van der Waals surface area (Å²) in [4.78, 5) is 41.9. The first kappa shape index (κ1) is 36.3. The first-order valence-electron chi connectivity index (χ1n) is 17.8. The zero-order valence-electron chi connectivity index (χ0n) is 29.0. The van der Waals surface area contributed by atoms with E-state index in [2.05, 4.69) is 25.8 Å². The average molecular weight is 704 g/mol. The zero-order chi connectivity index (χ0) is 36.3. The number of hydrogen-bond donors (Lipinski definition) is 6. The van der Waals surface area contributed by atoms with Gasteiger partial charge in [0.1, 0.15) is 11.9 Å². The lowest BCUT2D eigenvalue weighted by Gasteiger charge is -2.31. The molecule has 0 unspecified atom stereocenters. The molecule has 0 saturated carbocycles. The number of carbonyl (C=O) groups excluding carboxylic acids is 2. The van der Waals surface area contributed by atoms with Crippen LogP contribution in [0.4, 0.5) is 16.2 Å². The molecule has 1 aliphatic rings. The van der Waals surface area contributed by atoms with Gasteiger partial charge in [0.05, 0.1) is 17.3 Å². The van der Waals surface area contributed by atoms with Crippen molar-refractivity contribution in [3.05, 3.63) is 125 Å². The third-order valence-electron chi connectivity index (χ3n) is 9.37. The molecule has 1 atom stereocenters. The van der Waals surface area contributed by atoms with Gasteiger partial charge in [-0.15, -0.1) is 0 Å². The number of piperidine rings is 1. The Labute approximate surface area is 302 Å². The van der Waals surface area contributed by atoms with Gasteiger partial charge < -0.3 is 35.5 Å². The molecule has 6 N–H and O–H groups in total. The second-order valence-electron chi connectivity index (χ2n) is 13.1. The first-order chi connectivity index (χ1) is 25.3. The van der Waals surface area contributed by atoms with E-state index in [0.717, 1.165) is 67.8 Å². The minimum absolute atomic E-state index is 0.0640. The molecule has 0 radical (unpaired) electrons. The molecule has 5 aromatic rings. The highest BCUT2D eigenvalue weighted by Crippen LogP contribution is 2.29. The third kappa shape index (κ3) is 9.85. The van der Waals surface area contributed by atoms with Gasteiger partial charge in [-0.1, -0.05) is 66.7 Å². The number of hydrogen-bond acceptors (Lipinski definition) is 8. The van der Waals surface area contributed by atoms with E-state index in [1.807, 2.05) is 78.9 Å². The van der Waals surface area contributed by atoms with Gasteiger partial charge in [-0.05, 0) is 79.3 Å². The van der Waals surface area contributed by atoms with Crippen LogP contribution in [-0.2, 0) is 16.0 Å². The number of aryl methyl sites for hydroxylation is 1. The van der Waals surface area contributed by atoms with E-state index in [1.54, 1.807) is 12.1 Å². The lowest BCUT2D eigenvalue weighted by Crippen LogP contribution is -2.39. The van der Waals surface area contributed by atoms with E-state index in [4.69, 9.17) is 4.74 Å². The molecule has 0 spiro atoms. The largest absolute Gasteiger partial charge is 0.506 e. The minimum Gasteiger partial charge on any atom is -0.506 e. The summed E-state index contributed by atoms with van der Waals surface area (Å²) in [5.74, 6) is -0.199. The van der Waals surface area contributed by atoms with Crippen LogP contribution in [0.5, 0.6) is 5.75 Å². The number of ether oxygens (including phenoxy) is 1. The summed E-state index contributed by atoms with van der Waals surface area (Å²) in [6.45, 7) is 3.30. The average Bonchev–Trinajstić information content (AvgIpc) is 3.15. The van der Waals surface area contributed by atoms with Crippen LogP contribution in [0.3, 0.4) is 0 Å². The van der Waals surface area contributed by atoms with E-state index < -0.39 is 12.2 Å². The van der Waals surface area contributed by atoms with Crippen molar-refractivity contribution in [3.8, 4) is 16.9 Å². The Bertz CT molecular complexity index is 2010. The normalized spacial score (nSPS) is 14.2. The number of fused-ring (bicyclic) bond motifs is 1. The van der Waals surface area contributed by atoms with Gasteiger partial charge in [0.25, 0.3) is 0 Å². The van der Waals surface area contributed by atoms with Crippen molar-refractivity contribution < 1.29 is 24.5 Å². The van der Waals surface area contributed by atoms with Gasteiger partial charge in [-0.25, -0.2) is 4.79 Å². The molecule has 0 bridgehead atoms. The number of aliphatic hydroxyl groups excluding tert-OH is 1. The van der Waals surface area contributed by atoms with Crippen molar-refractivity contribution >= 4 is 34.3 Å². The van der Waals surface area contributed by atoms with Gasteiger partial charge >= 0.3 is 6.09 Å². The summed E-state index contributed by atoms with van der Waals surface area (Å²) < 4.78 is 5.78. The monoisotopic (exact) mass is 703 g/mol. The van der Waals surface area contributed by atoms with E-state index in [-0.39, 0.29) is 41.8 Å². The van der Waals surface area contributed by atoms with E-state index in [9.17, 15) is 24.6 Å². The molecule has 4 aromatic carbocycles. The molecular weight excluding hydrogens is 658 g/mol. The number of carbonyl (C=O) groups is 2. The molecule has 1 aromatic heterocycles. The Morgan fingerprint density at radius 3 is 2.42 bits per heavy atom. The maximum atomic E-state index is 12.7. The number of para-hydroxylation sites is 1. The number of pyridine rings is 1. The van der Waals surface area contributed by atoms with E-state index >= 15 is 0 Å². The van der Waals surface area contributed by atoms with Gasteiger partial charge in [-0.2, -0.15) is 0 Å². The number of H-pyrrole nitrogens is 1. The van der Waals surface area contributed by atoms with Gasteiger partial charge in [0.15, 0.2) is 0 Å². The number of benzene rings is 4. The summed E-state index contributed by atoms with van der Waals surface area (Å²) >= 11 is 0. The smallest absolute Gasteiger partial charge is 0.411 e. The van der Waals surface area contributed by atoms with Crippen LogP contribution in [0.15, 0.2) is 108 Å². The number of nitrogens with one attached hydrogen (secondary N) is 4. The van der Waals surface area contributed by atoms with Gasteiger partial charge in [0, 0.05) is 55.3 Å². The molecule has 0 aliphatic carbocycles. The molecule has 270 valence electrons. The molecule has 6 rings (SSSR count). The highest BCUT2D eigenvalue weighted by atomic mass is 16.6. The van der Waals surface area contributed by atoms with Crippen molar-refractivity contribution in [3.63, 3.8) is 0 Å². The topological polar surface area (TPSA) is 156 Å². The minimum atomic E-state index is -0.890. The molecule has 11 heteroatoms. The summed E-state index contributed by atoms with van der Waals surface area (Å²) in [7, 11) is 0. The standard InChI is InChI=1S/C41H45N5O6/c47-36-18-16-33(34-17-19-38(49)45-40(34)36)37(48)27-42-23-20-39(50)43-30-14-12-28(13-15-30)7-6-24-46-25-21-31(22-26-46)52-41(51)44-35-11-5-4-10-32(35)29-8-2-1-3-9-29/h1-5,8-19,31,37,42,47-48H,6-7,20-27H2,(H,43,50)(H,44,51)(H,45,49)/t37-/m1/s1. The van der Waals surface area contributed by atoms with Crippen molar-refractivity contribution in [2.24, 2.45) is 0 Å². The third-order valence-corrected chi connectivity index (χ3v) is 9.37. The van der Waals surface area contributed by atoms with Crippen LogP contribution in [0.1, 0.15) is 42.9 Å². The molecule has 1 saturated heterocycles. The Morgan fingerprint density at radius 1 is 0.885 bits per heavy atom. The number of phenols is 1. The Morgan fingerprint density at radius 2 is 1.63 bits per heavy atom. The number of aromatic nitrogens is 1. The number of likely N-dealkylation sites (tertiary alicyclic amines) is 1. The predicted octanol–water partition coefficient (Wildman–Crippen LogP) is 6.20. The second-order valence-corrected chi connectivity index (χ2v) is 13.1. The first-order valence-corrected chi connectivity index (χ1v) is 17.8.